The number of thiol groups is 1. The van der Waals surface area contributed by atoms with Gasteiger partial charge in [0.1, 0.15) is 18.4 Å². The van der Waals surface area contributed by atoms with E-state index in [2.05, 4.69) is 17.9 Å². The van der Waals surface area contributed by atoms with Crippen LogP contribution in [-0.2, 0) is 19.2 Å². The molecule has 1 amide bonds. The lowest BCUT2D eigenvalue weighted by Gasteiger charge is -2.13. The standard InChI is InChI=1S/C11H18N2O6S/c12-8(11(18)19)2-1-7(14)3-6(5-20)10(17)13-4-9(15)16/h6,8,20H,1-5,12H2,(H,13,17)(H,15,16)(H,18,19)/t6-,8?/m0/s1. The summed E-state index contributed by atoms with van der Waals surface area (Å²) in [6.07, 6.45) is -0.185. The van der Waals surface area contributed by atoms with Crippen LogP contribution in [0.25, 0.3) is 0 Å². The number of carboxylic acid groups (broad SMARTS) is 2. The van der Waals surface area contributed by atoms with Gasteiger partial charge in [0.25, 0.3) is 0 Å². The molecule has 0 aliphatic carbocycles. The van der Waals surface area contributed by atoms with Gasteiger partial charge in [-0.05, 0) is 6.42 Å². The van der Waals surface area contributed by atoms with E-state index < -0.39 is 36.4 Å². The van der Waals surface area contributed by atoms with Gasteiger partial charge in [-0.1, -0.05) is 0 Å². The molecule has 0 radical (unpaired) electrons. The third-order valence-corrected chi connectivity index (χ3v) is 2.97. The maximum absolute atomic E-state index is 11.6. The molecule has 0 aromatic heterocycles. The van der Waals surface area contributed by atoms with Crippen molar-refractivity contribution in [2.75, 3.05) is 12.3 Å². The van der Waals surface area contributed by atoms with Crippen LogP contribution in [-0.4, -0.2) is 52.2 Å². The quantitative estimate of drug-likeness (QED) is 0.321. The Balaban J connectivity index is 4.21. The fourth-order valence-electron chi connectivity index (χ4n) is 1.36. The molecule has 0 bridgehead atoms. The highest BCUT2D eigenvalue weighted by molar-refractivity contribution is 7.80. The van der Waals surface area contributed by atoms with Gasteiger partial charge in [0, 0.05) is 18.6 Å². The van der Waals surface area contributed by atoms with Crippen LogP contribution in [0.1, 0.15) is 19.3 Å². The highest BCUT2D eigenvalue weighted by Gasteiger charge is 2.22. The molecule has 0 aliphatic rings. The van der Waals surface area contributed by atoms with Gasteiger partial charge in [-0.15, -0.1) is 0 Å². The molecule has 114 valence electrons. The van der Waals surface area contributed by atoms with E-state index >= 15 is 0 Å². The monoisotopic (exact) mass is 306 g/mol. The summed E-state index contributed by atoms with van der Waals surface area (Å²) in [5.74, 6) is -3.92. The van der Waals surface area contributed by atoms with Crippen LogP contribution in [0, 0.1) is 5.92 Å². The van der Waals surface area contributed by atoms with Crippen LogP contribution >= 0.6 is 12.6 Å². The lowest BCUT2D eigenvalue weighted by atomic mass is 9.99. The van der Waals surface area contributed by atoms with E-state index in [0.717, 1.165) is 0 Å². The van der Waals surface area contributed by atoms with E-state index in [-0.39, 0.29) is 30.8 Å². The second-order valence-corrected chi connectivity index (χ2v) is 4.58. The number of aliphatic carboxylic acids is 2. The minimum Gasteiger partial charge on any atom is -0.480 e. The first-order chi connectivity index (χ1) is 9.27. The Morgan fingerprint density at radius 3 is 2.25 bits per heavy atom. The second kappa shape index (κ2) is 9.32. The van der Waals surface area contributed by atoms with E-state index in [4.69, 9.17) is 15.9 Å². The number of amides is 1. The summed E-state index contributed by atoms with van der Waals surface area (Å²) in [6.45, 7) is -0.527. The maximum atomic E-state index is 11.6. The maximum Gasteiger partial charge on any atom is 0.322 e. The third-order valence-electron chi connectivity index (χ3n) is 2.53. The Hall–Kier alpha value is -1.61. The molecule has 0 aromatic carbocycles. The minimum atomic E-state index is -1.19. The molecule has 0 saturated carbocycles. The molecule has 0 aliphatic heterocycles. The summed E-state index contributed by atoms with van der Waals surface area (Å²) in [5, 5.41) is 19.2. The third kappa shape index (κ3) is 7.74. The summed E-state index contributed by atoms with van der Waals surface area (Å²) >= 11 is 3.94. The first-order valence-corrected chi connectivity index (χ1v) is 6.51. The van der Waals surface area contributed by atoms with Gasteiger partial charge in [0.05, 0.1) is 5.92 Å². The molecular weight excluding hydrogens is 288 g/mol. The highest BCUT2D eigenvalue weighted by Crippen LogP contribution is 2.10. The minimum absolute atomic E-state index is 0.00972. The summed E-state index contributed by atoms with van der Waals surface area (Å²) in [7, 11) is 0. The van der Waals surface area contributed by atoms with Crippen molar-refractivity contribution in [3.63, 3.8) is 0 Å². The Kier molecular flexibility index (Phi) is 8.57. The van der Waals surface area contributed by atoms with Crippen molar-refractivity contribution in [1.29, 1.82) is 0 Å². The van der Waals surface area contributed by atoms with Crippen LogP contribution in [0.2, 0.25) is 0 Å². The van der Waals surface area contributed by atoms with E-state index in [1.54, 1.807) is 0 Å². The van der Waals surface area contributed by atoms with Gasteiger partial charge in [0.15, 0.2) is 0 Å². The van der Waals surface area contributed by atoms with E-state index in [9.17, 15) is 19.2 Å². The zero-order chi connectivity index (χ0) is 15.7. The normalized spacial score (nSPS) is 13.3. The Bertz CT molecular complexity index is 387. The van der Waals surface area contributed by atoms with Gasteiger partial charge < -0.3 is 21.3 Å². The number of carbonyl (C=O) groups is 4. The van der Waals surface area contributed by atoms with Gasteiger partial charge >= 0.3 is 11.9 Å². The number of rotatable bonds is 10. The fraction of sp³-hybridized carbons (Fsp3) is 0.636. The van der Waals surface area contributed by atoms with Crippen LogP contribution in [0.4, 0.5) is 0 Å². The average Bonchev–Trinajstić information content (AvgIpc) is 2.38. The zero-order valence-electron chi connectivity index (χ0n) is 10.7. The molecule has 9 heteroatoms. The number of nitrogens with one attached hydrogen (secondary N) is 1. The number of carbonyl (C=O) groups excluding carboxylic acids is 2. The molecule has 0 heterocycles. The number of hydrogen-bond donors (Lipinski definition) is 5. The molecule has 0 aromatic rings. The van der Waals surface area contributed by atoms with Crippen LogP contribution < -0.4 is 11.1 Å². The topological polar surface area (TPSA) is 147 Å². The van der Waals surface area contributed by atoms with Crippen LogP contribution in [0.5, 0.6) is 0 Å². The SMILES string of the molecule is NC(CCC(=O)C[C@@H](CS)C(=O)NCC(=O)O)C(=O)O. The molecular formula is C11H18N2O6S. The predicted molar refractivity (Wildman–Crippen MR) is 72.5 cm³/mol. The smallest absolute Gasteiger partial charge is 0.322 e. The van der Waals surface area contributed by atoms with Gasteiger partial charge in [-0.2, -0.15) is 12.6 Å². The molecule has 20 heavy (non-hydrogen) atoms. The molecule has 5 N–H and O–H groups in total. The predicted octanol–water partition coefficient (Wildman–Crippen LogP) is -1.12. The Morgan fingerprint density at radius 2 is 1.80 bits per heavy atom. The van der Waals surface area contributed by atoms with Gasteiger partial charge in [-0.25, -0.2) is 0 Å². The molecule has 2 atom stereocenters. The van der Waals surface area contributed by atoms with Crippen molar-refractivity contribution in [1.82, 2.24) is 5.32 Å². The molecule has 1 unspecified atom stereocenters. The fourth-order valence-corrected chi connectivity index (χ4v) is 1.66. The first-order valence-electron chi connectivity index (χ1n) is 5.88. The average molecular weight is 306 g/mol. The molecule has 0 rings (SSSR count). The van der Waals surface area contributed by atoms with Crippen LogP contribution in [0.15, 0.2) is 0 Å². The Morgan fingerprint density at radius 1 is 1.20 bits per heavy atom. The highest BCUT2D eigenvalue weighted by atomic mass is 32.1. The van der Waals surface area contributed by atoms with Crippen molar-refractivity contribution in [3.05, 3.63) is 0 Å². The van der Waals surface area contributed by atoms with Crippen LogP contribution in [0.3, 0.4) is 0 Å². The molecule has 0 saturated heterocycles. The summed E-state index contributed by atoms with van der Waals surface area (Å²) in [4.78, 5) is 44.0. The first kappa shape index (κ1) is 18.4. The van der Waals surface area contributed by atoms with Crippen molar-refractivity contribution < 1.29 is 29.4 Å². The number of carboxylic acids is 2. The van der Waals surface area contributed by atoms with Gasteiger partial charge in [0.2, 0.25) is 5.91 Å². The zero-order valence-corrected chi connectivity index (χ0v) is 11.6. The van der Waals surface area contributed by atoms with Crippen molar-refractivity contribution in [2.45, 2.75) is 25.3 Å². The summed E-state index contributed by atoms with van der Waals surface area (Å²) < 4.78 is 0. The van der Waals surface area contributed by atoms with Crippen molar-refractivity contribution >= 4 is 36.3 Å². The number of nitrogens with two attached hydrogens (primary N) is 1. The number of hydrogen-bond acceptors (Lipinski definition) is 6. The molecule has 8 nitrogen and oxygen atoms in total. The number of ketones is 1. The van der Waals surface area contributed by atoms with Gasteiger partial charge in [-0.3, -0.25) is 19.2 Å². The summed E-state index contributed by atoms with van der Waals surface area (Å²) in [5.41, 5.74) is 5.26. The van der Waals surface area contributed by atoms with E-state index in [0.29, 0.717) is 0 Å². The molecule has 0 spiro atoms. The van der Waals surface area contributed by atoms with E-state index in [1.807, 2.05) is 0 Å². The largest absolute Gasteiger partial charge is 0.480 e. The lowest BCUT2D eigenvalue weighted by Crippen LogP contribution is -2.36. The molecule has 0 fully saturated rings. The summed E-state index contributed by atoms with van der Waals surface area (Å²) in [6, 6.07) is -1.12. The van der Waals surface area contributed by atoms with E-state index in [1.165, 1.54) is 0 Å². The lowest BCUT2D eigenvalue weighted by molar-refractivity contribution is -0.139. The second-order valence-electron chi connectivity index (χ2n) is 4.22. The Labute approximate surface area is 121 Å². The van der Waals surface area contributed by atoms with Crippen molar-refractivity contribution in [2.24, 2.45) is 11.7 Å². The number of Topliss-reactive ketones (excluding diaryl/α,β-unsaturated/α-hetero) is 1. The van der Waals surface area contributed by atoms with Crippen molar-refractivity contribution in [3.8, 4) is 0 Å².